The number of aliphatic hydroxyl groups is 1. The average Bonchev–Trinajstić information content (AvgIpc) is 2.46. The summed E-state index contributed by atoms with van der Waals surface area (Å²) in [6, 6.07) is 4.77. The fourth-order valence-electron chi connectivity index (χ4n) is 2.67. The van der Waals surface area contributed by atoms with Gasteiger partial charge < -0.3 is 15.1 Å². The highest BCUT2D eigenvalue weighted by atomic mass is 19.4. The van der Waals surface area contributed by atoms with Crippen molar-refractivity contribution in [1.29, 1.82) is 0 Å². The van der Waals surface area contributed by atoms with E-state index in [0.29, 0.717) is 19.6 Å². The molecule has 1 aromatic rings. The topological polar surface area (TPSA) is 60.8 Å². The highest BCUT2D eigenvalue weighted by Crippen LogP contribution is 2.36. The Hall–Kier alpha value is -1.60. The molecule has 0 unspecified atom stereocenters. The van der Waals surface area contributed by atoms with Gasteiger partial charge in [-0.1, -0.05) is 12.1 Å². The van der Waals surface area contributed by atoms with Gasteiger partial charge in [0, 0.05) is 19.6 Å². The second kappa shape index (κ2) is 6.26. The molecule has 0 amide bonds. The SMILES string of the molecule is O=C(O)CCN1CCC(O)(c2cccc(C(F)(F)F)c2)CC1. The van der Waals surface area contributed by atoms with E-state index in [4.69, 9.17) is 5.11 Å². The molecule has 1 heterocycles. The molecule has 1 fully saturated rings. The summed E-state index contributed by atoms with van der Waals surface area (Å²) in [7, 11) is 0. The lowest BCUT2D eigenvalue weighted by Gasteiger charge is -2.38. The summed E-state index contributed by atoms with van der Waals surface area (Å²) in [6.07, 6.45) is -3.85. The predicted octanol–water partition coefficient (Wildman–Crippen LogP) is 2.46. The summed E-state index contributed by atoms with van der Waals surface area (Å²) in [5, 5.41) is 19.3. The van der Waals surface area contributed by atoms with E-state index in [0.717, 1.165) is 12.1 Å². The molecule has 0 aliphatic carbocycles. The molecule has 7 heteroatoms. The van der Waals surface area contributed by atoms with E-state index < -0.39 is 23.3 Å². The Labute approximate surface area is 126 Å². The fraction of sp³-hybridized carbons (Fsp3) is 0.533. The molecule has 122 valence electrons. The van der Waals surface area contributed by atoms with Crippen molar-refractivity contribution in [3.63, 3.8) is 0 Å². The third-order valence-electron chi connectivity index (χ3n) is 4.05. The molecule has 2 rings (SSSR count). The second-order valence-corrected chi connectivity index (χ2v) is 5.60. The molecule has 22 heavy (non-hydrogen) atoms. The van der Waals surface area contributed by atoms with Crippen molar-refractivity contribution >= 4 is 5.97 Å². The summed E-state index contributed by atoms with van der Waals surface area (Å²) >= 11 is 0. The normalized spacial score (nSPS) is 19.1. The molecule has 1 aliphatic rings. The Kier molecular flexibility index (Phi) is 4.77. The minimum absolute atomic E-state index is 0.0159. The number of carboxylic acids is 1. The lowest BCUT2D eigenvalue weighted by Crippen LogP contribution is -2.43. The number of hydrogen-bond donors (Lipinski definition) is 2. The zero-order valence-corrected chi connectivity index (χ0v) is 11.9. The summed E-state index contributed by atoms with van der Waals surface area (Å²) in [6.45, 7) is 1.30. The van der Waals surface area contributed by atoms with E-state index in [9.17, 15) is 23.1 Å². The van der Waals surface area contributed by atoms with Crippen LogP contribution in [0.4, 0.5) is 13.2 Å². The molecule has 0 atom stereocenters. The maximum absolute atomic E-state index is 12.8. The number of benzene rings is 1. The maximum Gasteiger partial charge on any atom is 0.416 e. The van der Waals surface area contributed by atoms with Gasteiger partial charge in [-0.2, -0.15) is 13.2 Å². The molecule has 1 aromatic carbocycles. The molecule has 0 aromatic heterocycles. The van der Waals surface area contributed by atoms with E-state index in [2.05, 4.69) is 0 Å². The van der Waals surface area contributed by atoms with Gasteiger partial charge in [-0.25, -0.2) is 0 Å². The van der Waals surface area contributed by atoms with Crippen molar-refractivity contribution in [1.82, 2.24) is 4.90 Å². The van der Waals surface area contributed by atoms with E-state index in [1.165, 1.54) is 12.1 Å². The first-order valence-electron chi connectivity index (χ1n) is 7.05. The first-order chi connectivity index (χ1) is 10.2. The molecular formula is C15H18F3NO3. The van der Waals surface area contributed by atoms with Crippen LogP contribution in [0.5, 0.6) is 0 Å². The quantitative estimate of drug-likeness (QED) is 0.895. The van der Waals surface area contributed by atoms with Crippen molar-refractivity contribution in [2.75, 3.05) is 19.6 Å². The van der Waals surface area contributed by atoms with Crippen molar-refractivity contribution in [2.45, 2.75) is 31.0 Å². The third kappa shape index (κ3) is 3.98. The maximum atomic E-state index is 12.8. The van der Waals surface area contributed by atoms with Crippen LogP contribution in [0.2, 0.25) is 0 Å². The molecule has 1 saturated heterocycles. The molecule has 2 N–H and O–H groups in total. The zero-order chi connectivity index (χ0) is 16.4. The number of piperidine rings is 1. The van der Waals surface area contributed by atoms with Crippen LogP contribution in [0.1, 0.15) is 30.4 Å². The highest BCUT2D eigenvalue weighted by Gasteiger charge is 2.36. The van der Waals surface area contributed by atoms with E-state index in [-0.39, 0.29) is 24.8 Å². The number of rotatable bonds is 4. The number of hydrogen-bond acceptors (Lipinski definition) is 3. The summed E-state index contributed by atoms with van der Waals surface area (Å²) in [5.74, 6) is -0.890. The average molecular weight is 317 g/mol. The van der Waals surface area contributed by atoms with Crippen molar-refractivity contribution < 1.29 is 28.2 Å². The Morgan fingerprint density at radius 1 is 1.27 bits per heavy atom. The van der Waals surface area contributed by atoms with Crippen LogP contribution >= 0.6 is 0 Å². The number of alkyl halides is 3. The van der Waals surface area contributed by atoms with Gasteiger partial charge in [-0.05, 0) is 30.5 Å². The molecule has 0 spiro atoms. The van der Waals surface area contributed by atoms with Crippen molar-refractivity contribution in [2.24, 2.45) is 0 Å². The van der Waals surface area contributed by atoms with Gasteiger partial charge >= 0.3 is 12.1 Å². The third-order valence-corrected chi connectivity index (χ3v) is 4.05. The van der Waals surface area contributed by atoms with Crippen LogP contribution in [0.25, 0.3) is 0 Å². The Bertz CT molecular complexity index is 537. The molecule has 0 bridgehead atoms. The van der Waals surface area contributed by atoms with Gasteiger partial charge in [-0.15, -0.1) is 0 Å². The van der Waals surface area contributed by atoms with Crippen LogP contribution in [-0.2, 0) is 16.6 Å². The highest BCUT2D eigenvalue weighted by molar-refractivity contribution is 5.66. The standard InChI is InChI=1S/C15H18F3NO3/c16-15(17,18)12-3-1-2-11(10-12)14(22)5-8-19(9-6-14)7-4-13(20)21/h1-3,10,22H,4-9H2,(H,20,21). The van der Waals surface area contributed by atoms with Gasteiger partial charge in [0.1, 0.15) is 0 Å². The van der Waals surface area contributed by atoms with Gasteiger partial charge in [0.15, 0.2) is 0 Å². The zero-order valence-electron chi connectivity index (χ0n) is 11.9. The monoisotopic (exact) mass is 317 g/mol. The van der Waals surface area contributed by atoms with Crippen LogP contribution in [0, 0.1) is 0 Å². The lowest BCUT2D eigenvalue weighted by atomic mass is 9.83. The minimum atomic E-state index is -4.44. The molecule has 0 radical (unpaired) electrons. The number of halogens is 3. The Balaban J connectivity index is 2.06. The number of nitrogens with zero attached hydrogens (tertiary/aromatic N) is 1. The van der Waals surface area contributed by atoms with Crippen LogP contribution < -0.4 is 0 Å². The van der Waals surface area contributed by atoms with Crippen LogP contribution in [-0.4, -0.2) is 40.7 Å². The second-order valence-electron chi connectivity index (χ2n) is 5.60. The van der Waals surface area contributed by atoms with Gasteiger partial charge in [0.25, 0.3) is 0 Å². The lowest BCUT2D eigenvalue weighted by molar-refractivity contribution is -0.138. The van der Waals surface area contributed by atoms with Crippen molar-refractivity contribution in [3.8, 4) is 0 Å². The number of carboxylic acid groups (broad SMARTS) is 1. The van der Waals surface area contributed by atoms with E-state index in [1.807, 2.05) is 4.90 Å². The largest absolute Gasteiger partial charge is 0.481 e. The van der Waals surface area contributed by atoms with E-state index >= 15 is 0 Å². The molecular weight excluding hydrogens is 299 g/mol. The van der Waals surface area contributed by atoms with Gasteiger partial charge in [0.05, 0.1) is 17.6 Å². The fourth-order valence-corrected chi connectivity index (χ4v) is 2.67. The van der Waals surface area contributed by atoms with E-state index in [1.54, 1.807) is 0 Å². The predicted molar refractivity (Wildman–Crippen MR) is 73.3 cm³/mol. The van der Waals surface area contributed by atoms with Gasteiger partial charge in [-0.3, -0.25) is 4.79 Å². The summed E-state index contributed by atoms with van der Waals surface area (Å²) in [5.41, 5.74) is -1.80. The summed E-state index contributed by atoms with van der Waals surface area (Å²) in [4.78, 5) is 12.4. The van der Waals surface area contributed by atoms with Crippen molar-refractivity contribution in [3.05, 3.63) is 35.4 Å². The smallest absolute Gasteiger partial charge is 0.416 e. The number of carbonyl (C=O) groups is 1. The minimum Gasteiger partial charge on any atom is -0.481 e. The number of likely N-dealkylation sites (tertiary alicyclic amines) is 1. The van der Waals surface area contributed by atoms with Crippen LogP contribution in [0.15, 0.2) is 24.3 Å². The first kappa shape index (κ1) is 16.8. The van der Waals surface area contributed by atoms with Gasteiger partial charge in [0.2, 0.25) is 0 Å². The Morgan fingerprint density at radius 2 is 1.91 bits per heavy atom. The molecule has 0 saturated carbocycles. The van der Waals surface area contributed by atoms with Crippen LogP contribution in [0.3, 0.4) is 0 Å². The molecule has 1 aliphatic heterocycles. The number of aliphatic carboxylic acids is 1. The first-order valence-corrected chi connectivity index (χ1v) is 7.05. The summed E-state index contributed by atoms with van der Waals surface area (Å²) < 4.78 is 38.3. The Morgan fingerprint density at radius 3 is 2.45 bits per heavy atom. The molecule has 4 nitrogen and oxygen atoms in total.